The zero-order chi connectivity index (χ0) is 14.2. The van der Waals surface area contributed by atoms with Crippen molar-refractivity contribution in [2.24, 2.45) is 0 Å². The molecule has 100 valence electrons. The molecule has 0 saturated heterocycles. The third kappa shape index (κ3) is 2.86. The van der Waals surface area contributed by atoms with Crippen molar-refractivity contribution in [1.82, 2.24) is 9.97 Å². The Morgan fingerprint density at radius 1 is 1.11 bits per heavy atom. The predicted molar refractivity (Wildman–Crippen MR) is 68.9 cm³/mol. The molecule has 1 heterocycles. The molecular weight excluding hydrogens is 250 g/mol. The van der Waals surface area contributed by atoms with E-state index in [-0.39, 0.29) is 11.0 Å². The average Bonchev–Trinajstić information content (AvgIpc) is 2.31. The van der Waals surface area contributed by atoms with Crippen LogP contribution in [-0.2, 0) is 5.41 Å². The van der Waals surface area contributed by atoms with Gasteiger partial charge in [-0.3, -0.25) is 4.79 Å². The number of halogens is 2. The highest BCUT2D eigenvalue weighted by atomic mass is 19.2. The lowest BCUT2D eigenvalue weighted by molar-refractivity contribution is 0.509. The van der Waals surface area contributed by atoms with Gasteiger partial charge in [0, 0.05) is 17.0 Å². The summed E-state index contributed by atoms with van der Waals surface area (Å²) in [5.41, 5.74) is 0.0380. The summed E-state index contributed by atoms with van der Waals surface area (Å²) >= 11 is 0. The number of aromatic amines is 1. The Morgan fingerprint density at radius 2 is 1.79 bits per heavy atom. The van der Waals surface area contributed by atoms with Gasteiger partial charge in [0.25, 0.3) is 5.56 Å². The van der Waals surface area contributed by atoms with Crippen molar-refractivity contribution in [3.8, 4) is 11.3 Å². The third-order valence-electron chi connectivity index (χ3n) is 2.67. The lowest BCUT2D eigenvalue weighted by Gasteiger charge is -2.17. The molecule has 0 spiro atoms. The van der Waals surface area contributed by atoms with Gasteiger partial charge in [-0.05, 0) is 18.2 Å². The maximum absolute atomic E-state index is 13.2. The average molecular weight is 264 g/mol. The molecule has 0 radical (unpaired) electrons. The molecule has 1 aromatic carbocycles. The number of benzene rings is 1. The first-order valence-electron chi connectivity index (χ1n) is 5.84. The van der Waals surface area contributed by atoms with Gasteiger partial charge in [0.2, 0.25) is 0 Å². The van der Waals surface area contributed by atoms with E-state index in [1.807, 2.05) is 20.8 Å². The number of aromatic nitrogens is 2. The van der Waals surface area contributed by atoms with Crippen molar-refractivity contribution >= 4 is 0 Å². The van der Waals surface area contributed by atoms with Gasteiger partial charge in [-0.15, -0.1) is 0 Å². The van der Waals surface area contributed by atoms with Gasteiger partial charge < -0.3 is 4.98 Å². The molecule has 0 aliphatic rings. The van der Waals surface area contributed by atoms with Crippen LogP contribution in [0.3, 0.4) is 0 Å². The molecule has 0 atom stereocenters. The number of hydrogen-bond acceptors (Lipinski definition) is 2. The normalized spacial score (nSPS) is 11.6. The van der Waals surface area contributed by atoms with Gasteiger partial charge >= 0.3 is 0 Å². The highest BCUT2D eigenvalue weighted by molar-refractivity contribution is 5.58. The molecule has 5 heteroatoms. The molecule has 0 aliphatic heterocycles. The molecule has 2 rings (SSSR count). The molecule has 1 N–H and O–H groups in total. The van der Waals surface area contributed by atoms with Crippen molar-refractivity contribution in [2.75, 3.05) is 0 Å². The summed E-state index contributed by atoms with van der Waals surface area (Å²) in [5, 5.41) is 0. The first kappa shape index (κ1) is 13.4. The Labute approximate surface area is 109 Å². The van der Waals surface area contributed by atoms with Crippen LogP contribution >= 0.6 is 0 Å². The van der Waals surface area contributed by atoms with Crippen molar-refractivity contribution in [1.29, 1.82) is 0 Å². The van der Waals surface area contributed by atoms with E-state index in [1.165, 1.54) is 12.1 Å². The van der Waals surface area contributed by atoms with Crippen molar-refractivity contribution < 1.29 is 8.78 Å². The first-order chi connectivity index (χ1) is 8.77. The summed E-state index contributed by atoms with van der Waals surface area (Å²) in [6.07, 6.45) is 0. The van der Waals surface area contributed by atoms with Crippen LogP contribution in [0.2, 0.25) is 0 Å². The lowest BCUT2D eigenvalue weighted by atomic mass is 9.95. The topological polar surface area (TPSA) is 45.8 Å². The zero-order valence-electron chi connectivity index (χ0n) is 10.9. The van der Waals surface area contributed by atoms with Crippen LogP contribution in [0, 0.1) is 11.6 Å². The Balaban J connectivity index is 2.59. The van der Waals surface area contributed by atoms with Gasteiger partial charge in [0.05, 0.1) is 5.69 Å². The summed E-state index contributed by atoms with van der Waals surface area (Å²) in [5.74, 6) is -1.39. The Kier molecular flexibility index (Phi) is 3.22. The largest absolute Gasteiger partial charge is 0.310 e. The quantitative estimate of drug-likeness (QED) is 0.860. The SMILES string of the molecule is CC(C)(C)c1nc(-c2ccc(F)c(F)c2)cc(=O)[nH]1. The second kappa shape index (κ2) is 4.57. The van der Waals surface area contributed by atoms with E-state index < -0.39 is 11.6 Å². The van der Waals surface area contributed by atoms with E-state index in [2.05, 4.69) is 9.97 Å². The van der Waals surface area contributed by atoms with Crippen LogP contribution in [-0.4, -0.2) is 9.97 Å². The lowest BCUT2D eigenvalue weighted by Crippen LogP contribution is -2.21. The number of H-pyrrole nitrogens is 1. The minimum absolute atomic E-state index is 0.320. The number of nitrogens with zero attached hydrogens (tertiary/aromatic N) is 1. The maximum atomic E-state index is 13.2. The minimum Gasteiger partial charge on any atom is -0.310 e. The molecule has 1 aromatic heterocycles. The fraction of sp³-hybridized carbons (Fsp3) is 0.286. The van der Waals surface area contributed by atoms with Crippen LogP contribution in [0.4, 0.5) is 8.78 Å². The van der Waals surface area contributed by atoms with Gasteiger partial charge in [0.1, 0.15) is 5.82 Å². The fourth-order valence-electron chi connectivity index (χ4n) is 1.62. The Morgan fingerprint density at radius 3 is 2.37 bits per heavy atom. The van der Waals surface area contributed by atoms with Crippen molar-refractivity contribution in [3.63, 3.8) is 0 Å². The van der Waals surface area contributed by atoms with E-state index in [4.69, 9.17) is 0 Å². The molecule has 2 aromatic rings. The number of nitrogens with one attached hydrogen (secondary N) is 1. The Hall–Kier alpha value is -2.04. The van der Waals surface area contributed by atoms with E-state index in [1.54, 1.807) is 0 Å². The van der Waals surface area contributed by atoms with Crippen molar-refractivity contribution in [3.05, 3.63) is 52.1 Å². The van der Waals surface area contributed by atoms with Crippen molar-refractivity contribution in [2.45, 2.75) is 26.2 Å². The van der Waals surface area contributed by atoms with Crippen LogP contribution < -0.4 is 5.56 Å². The van der Waals surface area contributed by atoms with E-state index in [0.29, 0.717) is 17.1 Å². The summed E-state index contributed by atoms with van der Waals surface area (Å²) < 4.78 is 26.1. The second-order valence-electron chi connectivity index (χ2n) is 5.36. The van der Waals surface area contributed by atoms with E-state index in [0.717, 1.165) is 12.1 Å². The van der Waals surface area contributed by atoms with Crippen LogP contribution in [0.15, 0.2) is 29.1 Å². The standard InChI is InChI=1S/C14H14F2N2O/c1-14(2,3)13-17-11(7-12(19)18-13)8-4-5-9(15)10(16)6-8/h4-7H,1-3H3,(H,17,18,19). The zero-order valence-corrected chi connectivity index (χ0v) is 10.9. The van der Waals surface area contributed by atoms with E-state index >= 15 is 0 Å². The van der Waals surface area contributed by atoms with Crippen LogP contribution in [0.5, 0.6) is 0 Å². The van der Waals surface area contributed by atoms with Crippen LogP contribution in [0.25, 0.3) is 11.3 Å². The molecule has 0 amide bonds. The molecule has 0 aliphatic carbocycles. The smallest absolute Gasteiger partial charge is 0.251 e. The second-order valence-corrected chi connectivity index (χ2v) is 5.36. The fourth-order valence-corrected chi connectivity index (χ4v) is 1.62. The minimum atomic E-state index is -0.961. The summed E-state index contributed by atoms with van der Waals surface area (Å²) in [6.45, 7) is 5.71. The van der Waals surface area contributed by atoms with Gasteiger partial charge in [-0.25, -0.2) is 13.8 Å². The van der Waals surface area contributed by atoms with Gasteiger partial charge in [-0.1, -0.05) is 20.8 Å². The third-order valence-corrected chi connectivity index (χ3v) is 2.67. The molecule has 3 nitrogen and oxygen atoms in total. The molecule has 0 unspecified atom stereocenters. The highest BCUT2D eigenvalue weighted by Gasteiger charge is 2.18. The van der Waals surface area contributed by atoms with E-state index in [9.17, 15) is 13.6 Å². The maximum Gasteiger partial charge on any atom is 0.251 e. The number of rotatable bonds is 1. The molecular formula is C14H14F2N2O. The highest BCUT2D eigenvalue weighted by Crippen LogP contribution is 2.22. The predicted octanol–water partition coefficient (Wildman–Crippen LogP) is 3.01. The monoisotopic (exact) mass is 264 g/mol. The molecule has 0 bridgehead atoms. The first-order valence-corrected chi connectivity index (χ1v) is 5.84. The molecule has 0 fully saturated rings. The van der Waals surface area contributed by atoms with Crippen LogP contribution in [0.1, 0.15) is 26.6 Å². The Bertz CT molecular complexity index is 672. The summed E-state index contributed by atoms with van der Waals surface area (Å²) in [7, 11) is 0. The molecule has 0 saturated carbocycles. The number of hydrogen-bond donors (Lipinski definition) is 1. The van der Waals surface area contributed by atoms with Gasteiger partial charge in [0.15, 0.2) is 11.6 Å². The van der Waals surface area contributed by atoms with Gasteiger partial charge in [-0.2, -0.15) is 0 Å². The summed E-state index contributed by atoms with van der Waals surface area (Å²) in [6, 6.07) is 4.71. The molecule has 19 heavy (non-hydrogen) atoms. The summed E-state index contributed by atoms with van der Waals surface area (Å²) in [4.78, 5) is 18.6.